The summed E-state index contributed by atoms with van der Waals surface area (Å²) in [4.78, 5) is 23.6. The molecular formula is C23H23ClN4O4. The number of H-pyrrole nitrogens is 1. The van der Waals surface area contributed by atoms with Crippen molar-refractivity contribution in [3.63, 3.8) is 0 Å². The molecule has 8 nitrogen and oxygen atoms in total. The molecule has 0 spiro atoms. The van der Waals surface area contributed by atoms with Crippen LogP contribution in [0.25, 0.3) is 33.7 Å². The van der Waals surface area contributed by atoms with E-state index in [1.807, 2.05) is 38.2 Å². The third kappa shape index (κ3) is 4.75. The van der Waals surface area contributed by atoms with Crippen molar-refractivity contribution in [1.82, 2.24) is 20.1 Å². The predicted octanol–water partition coefficient (Wildman–Crippen LogP) is 5.22. The average molecular weight is 455 g/mol. The summed E-state index contributed by atoms with van der Waals surface area (Å²) in [5.74, 6) is 0.924. The number of hydrogen-bond donors (Lipinski definition) is 1. The van der Waals surface area contributed by atoms with Crippen molar-refractivity contribution in [1.29, 1.82) is 0 Å². The number of halogens is 1. The Morgan fingerprint density at radius 1 is 1.25 bits per heavy atom. The van der Waals surface area contributed by atoms with Gasteiger partial charge in [0.1, 0.15) is 5.02 Å². The standard InChI is InChI=1S/C23H23ClN4O4/c1-4-30-20(29)8-6-15-11-25-19-10-14(5-7-17(15)19)21-27-22(32-28-21)16-9-18(24)23(26-12-16)31-13(2)3/h5,7,9-13,25H,4,6,8H2,1-3H3. The number of carbonyl (C=O) groups excluding carboxylic acids is 1. The number of hydrogen-bond acceptors (Lipinski definition) is 7. The van der Waals surface area contributed by atoms with Gasteiger partial charge in [0.2, 0.25) is 11.7 Å². The molecule has 0 aliphatic heterocycles. The summed E-state index contributed by atoms with van der Waals surface area (Å²) in [5.41, 5.74) is 3.38. The minimum atomic E-state index is -0.198. The third-order valence-electron chi connectivity index (χ3n) is 4.76. The number of aromatic amines is 1. The SMILES string of the molecule is CCOC(=O)CCc1c[nH]c2cc(-c3noc(-c4cnc(OC(C)C)c(Cl)c4)n3)ccc12. The largest absolute Gasteiger partial charge is 0.474 e. The Bertz CT molecular complexity index is 1250. The third-order valence-corrected chi connectivity index (χ3v) is 5.03. The van der Waals surface area contributed by atoms with E-state index in [4.69, 9.17) is 25.6 Å². The quantitative estimate of drug-likeness (QED) is 0.364. The van der Waals surface area contributed by atoms with Gasteiger partial charge in [0.05, 0.1) is 18.3 Å². The van der Waals surface area contributed by atoms with Crippen LogP contribution in [0.1, 0.15) is 32.8 Å². The zero-order chi connectivity index (χ0) is 22.7. The summed E-state index contributed by atoms with van der Waals surface area (Å²) in [7, 11) is 0. The van der Waals surface area contributed by atoms with Crippen molar-refractivity contribution in [2.45, 2.75) is 39.7 Å². The van der Waals surface area contributed by atoms with Crippen molar-refractivity contribution >= 4 is 28.5 Å². The Labute approximate surface area is 189 Å². The van der Waals surface area contributed by atoms with Crippen LogP contribution in [0.15, 0.2) is 41.2 Å². The van der Waals surface area contributed by atoms with Gasteiger partial charge in [-0.25, -0.2) is 4.98 Å². The topological polar surface area (TPSA) is 103 Å². The van der Waals surface area contributed by atoms with Crippen LogP contribution in [0, 0.1) is 0 Å². The zero-order valence-electron chi connectivity index (χ0n) is 18.0. The molecule has 0 unspecified atom stereocenters. The average Bonchev–Trinajstić information content (AvgIpc) is 3.40. The molecular weight excluding hydrogens is 432 g/mol. The molecule has 3 aromatic heterocycles. The Kier molecular flexibility index (Phi) is 6.41. The molecule has 0 saturated heterocycles. The lowest BCUT2D eigenvalue weighted by Gasteiger charge is -2.09. The predicted molar refractivity (Wildman–Crippen MR) is 121 cm³/mol. The first-order valence-electron chi connectivity index (χ1n) is 10.4. The lowest BCUT2D eigenvalue weighted by Crippen LogP contribution is -2.07. The van der Waals surface area contributed by atoms with Crippen LogP contribution in [0.3, 0.4) is 0 Å². The molecule has 0 atom stereocenters. The highest BCUT2D eigenvalue weighted by Crippen LogP contribution is 2.30. The number of aromatic nitrogens is 4. The van der Waals surface area contributed by atoms with Crippen LogP contribution < -0.4 is 4.74 Å². The first kappa shape index (κ1) is 21.8. The van der Waals surface area contributed by atoms with E-state index >= 15 is 0 Å². The molecule has 0 aliphatic rings. The van der Waals surface area contributed by atoms with Crippen molar-refractivity contribution in [2.75, 3.05) is 6.61 Å². The second-order valence-electron chi connectivity index (χ2n) is 7.48. The number of esters is 1. The fourth-order valence-electron chi connectivity index (χ4n) is 3.31. The van der Waals surface area contributed by atoms with E-state index in [9.17, 15) is 4.79 Å². The van der Waals surface area contributed by atoms with Crippen LogP contribution in [-0.2, 0) is 16.0 Å². The number of benzene rings is 1. The van der Waals surface area contributed by atoms with E-state index in [0.29, 0.717) is 47.6 Å². The van der Waals surface area contributed by atoms with Crippen molar-refractivity contribution in [3.8, 4) is 28.7 Å². The molecule has 0 fully saturated rings. The van der Waals surface area contributed by atoms with Gasteiger partial charge in [-0.3, -0.25) is 4.79 Å². The molecule has 32 heavy (non-hydrogen) atoms. The second-order valence-corrected chi connectivity index (χ2v) is 7.89. The number of nitrogens with one attached hydrogen (secondary N) is 1. The molecule has 166 valence electrons. The van der Waals surface area contributed by atoms with Gasteiger partial charge in [-0.1, -0.05) is 28.9 Å². The van der Waals surface area contributed by atoms with Crippen LogP contribution in [0.2, 0.25) is 5.02 Å². The number of pyridine rings is 1. The van der Waals surface area contributed by atoms with Crippen LogP contribution >= 0.6 is 11.6 Å². The smallest absolute Gasteiger partial charge is 0.306 e. The van der Waals surface area contributed by atoms with E-state index in [0.717, 1.165) is 22.0 Å². The summed E-state index contributed by atoms with van der Waals surface area (Å²) in [6.07, 6.45) is 4.41. The first-order valence-corrected chi connectivity index (χ1v) is 10.7. The Morgan fingerprint density at radius 2 is 2.09 bits per heavy atom. The van der Waals surface area contributed by atoms with E-state index in [1.165, 1.54) is 0 Å². The van der Waals surface area contributed by atoms with Gasteiger partial charge in [0.25, 0.3) is 5.89 Å². The number of aryl methyl sites for hydroxylation is 1. The van der Waals surface area contributed by atoms with Crippen LogP contribution in [-0.4, -0.2) is 38.8 Å². The fourth-order valence-corrected chi connectivity index (χ4v) is 3.52. The van der Waals surface area contributed by atoms with Gasteiger partial charge in [0.15, 0.2) is 0 Å². The van der Waals surface area contributed by atoms with Crippen molar-refractivity contribution in [3.05, 3.63) is 47.2 Å². The summed E-state index contributed by atoms with van der Waals surface area (Å²) >= 11 is 6.27. The van der Waals surface area contributed by atoms with Gasteiger partial charge in [-0.15, -0.1) is 0 Å². The molecule has 0 bridgehead atoms. The van der Waals surface area contributed by atoms with Gasteiger partial charge in [-0.05, 0) is 44.9 Å². The highest BCUT2D eigenvalue weighted by atomic mass is 35.5. The molecule has 1 aromatic carbocycles. The van der Waals surface area contributed by atoms with Crippen LogP contribution in [0.5, 0.6) is 5.88 Å². The maximum atomic E-state index is 11.6. The molecule has 9 heteroatoms. The lowest BCUT2D eigenvalue weighted by atomic mass is 10.1. The van der Waals surface area contributed by atoms with Crippen molar-refractivity contribution in [2.24, 2.45) is 0 Å². The Morgan fingerprint density at radius 3 is 2.84 bits per heavy atom. The Balaban J connectivity index is 1.53. The van der Waals surface area contributed by atoms with Gasteiger partial charge in [-0.2, -0.15) is 4.98 Å². The molecule has 4 rings (SSSR count). The second kappa shape index (κ2) is 9.40. The minimum absolute atomic E-state index is 0.0329. The molecule has 0 saturated carbocycles. The van der Waals surface area contributed by atoms with E-state index in [2.05, 4.69) is 20.1 Å². The van der Waals surface area contributed by atoms with Gasteiger partial charge >= 0.3 is 5.97 Å². The molecule has 3 heterocycles. The number of rotatable bonds is 8. The van der Waals surface area contributed by atoms with Gasteiger partial charge < -0.3 is 19.0 Å². The van der Waals surface area contributed by atoms with Crippen LogP contribution in [0.4, 0.5) is 0 Å². The number of ether oxygens (including phenoxy) is 2. The highest BCUT2D eigenvalue weighted by molar-refractivity contribution is 6.32. The molecule has 4 aromatic rings. The van der Waals surface area contributed by atoms with Crippen molar-refractivity contribution < 1.29 is 18.8 Å². The normalized spacial score (nSPS) is 11.3. The summed E-state index contributed by atoms with van der Waals surface area (Å²) in [6.45, 7) is 6.00. The maximum Gasteiger partial charge on any atom is 0.306 e. The molecule has 0 amide bonds. The monoisotopic (exact) mass is 454 g/mol. The highest BCUT2D eigenvalue weighted by Gasteiger charge is 2.15. The molecule has 1 N–H and O–H groups in total. The van der Waals surface area contributed by atoms with E-state index in [1.54, 1.807) is 19.2 Å². The lowest BCUT2D eigenvalue weighted by molar-refractivity contribution is -0.143. The number of nitrogens with zero attached hydrogens (tertiary/aromatic N) is 3. The van der Waals surface area contributed by atoms with E-state index in [-0.39, 0.29) is 12.1 Å². The number of carbonyl (C=O) groups is 1. The maximum absolute atomic E-state index is 11.6. The minimum Gasteiger partial charge on any atom is -0.474 e. The molecule has 0 aliphatic carbocycles. The molecule has 0 radical (unpaired) electrons. The summed E-state index contributed by atoms with van der Waals surface area (Å²) < 4.78 is 16.0. The fraction of sp³-hybridized carbons (Fsp3) is 0.304. The number of fused-ring (bicyclic) bond motifs is 1. The zero-order valence-corrected chi connectivity index (χ0v) is 18.8. The Hall–Kier alpha value is -3.39. The summed E-state index contributed by atoms with van der Waals surface area (Å²) in [5, 5.41) is 5.51. The van der Waals surface area contributed by atoms with E-state index < -0.39 is 0 Å². The summed E-state index contributed by atoms with van der Waals surface area (Å²) in [6, 6.07) is 7.54. The first-order chi connectivity index (χ1) is 15.4. The van der Waals surface area contributed by atoms with Gasteiger partial charge in [0, 0.05) is 35.3 Å².